The molecule has 1 fully saturated rings. The molecule has 0 saturated heterocycles. The number of hydrogen-bond acceptors (Lipinski definition) is 8. The Bertz CT molecular complexity index is 2010. The molecule has 3 heterocycles. The average molecular weight is 820 g/mol. The largest absolute Gasteiger partial charge is 0.512 e. The van der Waals surface area contributed by atoms with Crippen LogP contribution < -0.4 is 0 Å². The minimum absolute atomic E-state index is 0. The van der Waals surface area contributed by atoms with Crippen molar-refractivity contribution in [3.05, 3.63) is 96.5 Å². The summed E-state index contributed by atoms with van der Waals surface area (Å²) in [5.74, 6) is 1.58. The maximum absolute atomic E-state index is 11.0. The number of hydrogen-bond donors (Lipinski definition) is 1. The van der Waals surface area contributed by atoms with Crippen molar-refractivity contribution in [2.45, 2.75) is 65.7 Å². The first kappa shape index (κ1) is 34.9. The number of aromatic nitrogens is 4. The standard InChI is InChI=1S/C30H23N4O2.C9H16O2.Ir/c1-4-10-19(11-5-1)22-16-23-26-28(25(31-18-32-26)20-12-6-2-7-13-20)35-27(23)24(17-22)30-34-33-29(36-30)21-14-8-3-9-15-21;1-6(2)8(10)5-9(11)7(3)4;/h2-3,6-9,12,14-19H,1,4-5,10-11H2;5-7,10H,1-4H3;/q-1;;/b;8-5-;. The number of nitrogens with zero attached hydrogens (tertiary/aromatic N) is 4. The van der Waals surface area contributed by atoms with E-state index in [1.54, 1.807) is 6.33 Å². The first-order chi connectivity index (χ1) is 22.8. The van der Waals surface area contributed by atoms with Gasteiger partial charge in [-0.1, -0.05) is 65.2 Å². The molecule has 1 aliphatic rings. The normalized spacial score (nSPS) is 13.8. The van der Waals surface area contributed by atoms with Gasteiger partial charge < -0.3 is 13.9 Å². The molecule has 9 heteroatoms. The molecule has 1 aliphatic carbocycles. The molecule has 0 bridgehead atoms. The summed E-state index contributed by atoms with van der Waals surface area (Å²) in [5.41, 5.74) is 6.64. The maximum Gasteiger partial charge on any atom is 0.251 e. The van der Waals surface area contributed by atoms with E-state index >= 15 is 0 Å². The van der Waals surface area contributed by atoms with E-state index in [2.05, 4.69) is 38.4 Å². The number of ketones is 1. The number of aliphatic hydroxyl groups is 1. The molecule has 249 valence electrons. The second kappa shape index (κ2) is 15.6. The van der Waals surface area contributed by atoms with Crippen molar-refractivity contribution in [2.24, 2.45) is 11.8 Å². The van der Waals surface area contributed by atoms with Gasteiger partial charge in [0, 0.05) is 54.7 Å². The van der Waals surface area contributed by atoms with Crippen LogP contribution in [0.15, 0.2) is 93.7 Å². The molecule has 0 aliphatic heterocycles. The van der Waals surface area contributed by atoms with E-state index in [1.807, 2.05) is 82.3 Å². The van der Waals surface area contributed by atoms with E-state index in [0.717, 1.165) is 33.3 Å². The fraction of sp³-hybridized carbons (Fsp3) is 0.308. The number of aliphatic hydroxyl groups excluding tert-OH is 1. The van der Waals surface area contributed by atoms with Crippen molar-refractivity contribution < 1.29 is 38.8 Å². The van der Waals surface area contributed by atoms with E-state index in [0.29, 0.717) is 28.9 Å². The SMILES string of the molecule is CC(C)C(=O)/C=C(\O)C(C)C.[Ir].[c-]1ccccc1-c1ncnc2c1oc1c(-c3nnc(-c4ccccc4)o3)cc(C3CCCCC3)cc12. The van der Waals surface area contributed by atoms with Crippen LogP contribution in [0.4, 0.5) is 0 Å². The monoisotopic (exact) mass is 820 g/mol. The molecular formula is C39H39IrN4O4-. The Morgan fingerprint density at radius 2 is 1.60 bits per heavy atom. The van der Waals surface area contributed by atoms with Crippen molar-refractivity contribution in [1.29, 1.82) is 0 Å². The van der Waals surface area contributed by atoms with Crippen LogP contribution in [-0.4, -0.2) is 31.1 Å². The van der Waals surface area contributed by atoms with Crippen molar-refractivity contribution in [3.8, 4) is 34.2 Å². The number of allylic oxidation sites excluding steroid dienone is 2. The van der Waals surface area contributed by atoms with E-state index < -0.39 is 0 Å². The van der Waals surface area contributed by atoms with Gasteiger partial charge in [-0.25, -0.2) is 4.98 Å². The molecule has 0 atom stereocenters. The van der Waals surface area contributed by atoms with E-state index in [-0.39, 0.29) is 43.5 Å². The summed E-state index contributed by atoms with van der Waals surface area (Å²) in [6.07, 6.45) is 9.07. The van der Waals surface area contributed by atoms with Gasteiger partial charge in [0.2, 0.25) is 5.89 Å². The van der Waals surface area contributed by atoms with E-state index in [1.165, 1.54) is 43.7 Å². The molecule has 1 N–H and O–H groups in total. The van der Waals surface area contributed by atoms with E-state index in [9.17, 15) is 9.90 Å². The zero-order valence-electron chi connectivity index (χ0n) is 27.6. The number of fused-ring (bicyclic) bond motifs is 3. The Balaban J connectivity index is 0.000000327. The molecule has 7 rings (SSSR count). The maximum atomic E-state index is 11.0. The van der Waals surface area contributed by atoms with Crippen LogP contribution in [0.3, 0.4) is 0 Å². The third kappa shape index (κ3) is 7.64. The van der Waals surface area contributed by atoms with Gasteiger partial charge in [-0.3, -0.25) is 9.78 Å². The summed E-state index contributed by atoms with van der Waals surface area (Å²) < 4.78 is 12.7. The van der Waals surface area contributed by atoms with Gasteiger partial charge in [0.05, 0.1) is 11.3 Å². The summed E-state index contributed by atoms with van der Waals surface area (Å²) in [6.45, 7) is 7.32. The number of carbonyl (C=O) groups is 1. The zero-order chi connectivity index (χ0) is 32.9. The zero-order valence-corrected chi connectivity index (χ0v) is 30.0. The van der Waals surface area contributed by atoms with Crippen LogP contribution >= 0.6 is 0 Å². The van der Waals surface area contributed by atoms with Gasteiger partial charge in [0.1, 0.15) is 23.0 Å². The van der Waals surface area contributed by atoms with Gasteiger partial charge in [0.15, 0.2) is 5.78 Å². The van der Waals surface area contributed by atoms with Crippen LogP contribution in [0.25, 0.3) is 56.2 Å². The van der Waals surface area contributed by atoms with Gasteiger partial charge in [-0.05, 0) is 48.6 Å². The number of carbonyl (C=O) groups excluding carboxylic acids is 1. The molecule has 0 unspecified atom stereocenters. The Labute approximate surface area is 294 Å². The molecule has 3 aromatic carbocycles. The van der Waals surface area contributed by atoms with Crippen LogP contribution in [0, 0.1) is 17.9 Å². The molecule has 0 spiro atoms. The topological polar surface area (TPSA) is 115 Å². The van der Waals surface area contributed by atoms with Gasteiger partial charge in [-0.15, -0.1) is 46.1 Å². The van der Waals surface area contributed by atoms with Crippen molar-refractivity contribution >= 4 is 27.9 Å². The molecule has 8 nitrogen and oxygen atoms in total. The van der Waals surface area contributed by atoms with Crippen molar-refractivity contribution in [2.75, 3.05) is 0 Å². The fourth-order valence-electron chi connectivity index (χ4n) is 5.77. The molecular weight excluding hydrogens is 781 g/mol. The van der Waals surface area contributed by atoms with E-state index in [4.69, 9.17) is 8.83 Å². The van der Waals surface area contributed by atoms with Crippen LogP contribution in [-0.2, 0) is 24.9 Å². The second-order valence-electron chi connectivity index (χ2n) is 12.6. The van der Waals surface area contributed by atoms with Crippen LogP contribution in [0.1, 0.15) is 71.3 Å². The number of furan rings is 1. The number of rotatable bonds is 7. The smallest absolute Gasteiger partial charge is 0.251 e. The summed E-state index contributed by atoms with van der Waals surface area (Å²) in [6, 6.07) is 25.2. The van der Waals surface area contributed by atoms with Gasteiger partial charge >= 0.3 is 0 Å². The van der Waals surface area contributed by atoms with Crippen molar-refractivity contribution in [1.82, 2.24) is 20.2 Å². The Kier molecular flexibility index (Phi) is 11.3. The molecule has 6 aromatic rings. The molecule has 1 saturated carbocycles. The number of benzene rings is 3. The summed E-state index contributed by atoms with van der Waals surface area (Å²) in [4.78, 5) is 20.2. The fourth-order valence-corrected chi connectivity index (χ4v) is 5.77. The summed E-state index contributed by atoms with van der Waals surface area (Å²) in [7, 11) is 0. The minimum Gasteiger partial charge on any atom is -0.512 e. The second-order valence-corrected chi connectivity index (χ2v) is 12.6. The van der Waals surface area contributed by atoms with Crippen LogP contribution in [0.5, 0.6) is 0 Å². The van der Waals surface area contributed by atoms with Crippen LogP contribution in [0.2, 0.25) is 0 Å². The first-order valence-corrected chi connectivity index (χ1v) is 16.3. The third-order valence-corrected chi connectivity index (χ3v) is 8.54. The predicted octanol–water partition coefficient (Wildman–Crippen LogP) is 9.91. The predicted molar refractivity (Wildman–Crippen MR) is 184 cm³/mol. The molecule has 48 heavy (non-hydrogen) atoms. The molecule has 0 amide bonds. The first-order valence-electron chi connectivity index (χ1n) is 16.3. The Hall–Kier alpha value is -4.46. The Morgan fingerprint density at radius 3 is 2.29 bits per heavy atom. The van der Waals surface area contributed by atoms with Gasteiger partial charge in [-0.2, -0.15) is 0 Å². The Morgan fingerprint density at radius 1 is 0.875 bits per heavy atom. The summed E-state index contributed by atoms with van der Waals surface area (Å²) in [5, 5.41) is 18.9. The minimum atomic E-state index is -0.0316. The quantitative estimate of drug-likeness (QED) is 0.0962. The van der Waals surface area contributed by atoms with Crippen molar-refractivity contribution in [3.63, 3.8) is 0 Å². The van der Waals surface area contributed by atoms with Gasteiger partial charge in [0.25, 0.3) is 5.89 Å². The summed E-state index contributed by atoms with van der Waals surface area (Å²) >= 11 is 0. The molecule has 3 aromatic heterocycles. The average Bonchev–Trinajstić information content (AvgIpc) is 3.75. The third-order valence-electron chi connectivity index (χ3n) is 8.54. The molecule has 1 radical (unpaired) electrons.